The predicted molar refractivity (Wildman–Crippen MR) is 66.3 cm³/mol. The maximum atomic E-state index is 10.1. The van der Waals surface area contributed by atoms with Gasteiger partial charge < -0.3 is 15.3 Å². The molecule has 0 saturated carbocycles. The first-order valence-electron chi connectivity index (χ1n) is 5.33. The Bertz CT molecular complexity index is 554. The molecule has 0 saturated heterocycles. The molecular formula is C14H14O3. The molecule has 2 rings (SSSR count). The fourth-order valence-corrected chi connectivity index (χ4v) is 1.90. The minimum Gasteiger partial charge on any atom is -0.507 e. The van der Waals surface area contributed by atoms with Crippen molar-refractivity contribution >= 4 is 0 Å². The van der Waals surface area contributed by atoms with E-state index >= 15 is 0 Å². The SMILES string of the molecule is Cc1ccc(C)c(-c2c(O)cccc2O)c1O. The molecule has 3 N–H and O–H groups in total. The van der Waals surface area contributed by atoms with Crippen LogP contribution in [0.5, 0.6) is 17.2 Å². The smallest absolute Gasteiger partial charge is 0.127 e. The van der Waals surface area contributed by atoms with Gasteiger partial charge in [0.05, 0.1) is 5.56 Å². The van der Waals surface area contributed by atoms with Crippen LogP contribution in [0.4, 0.5) is 0 Å². The third-order valence-electron chi connectivity index (χ3n) is 2.86. The Balaban J connectivity index is 2.82. The number of phenolic OH excluding ortho intramolecular Hbond substituents is 3. The fourth-order valence-electron chi connectivity index (χ4n) is 1.90. The number of benzene rings is 2. The first-order chi connectivity index (χ1) is 8.02. The highest BCUT2D eigenvalue weighted by atomic mass is 16.3. The average Bonchev–Trinajstić information content (AvgIpc) is 2.28. The summed E-state index contributed by atoms with van der Waals surface area (Å²) in [6.45, 7) is 3.59. The van der Waals surface area contributed by atoms with Gasteiger partial charge in [0, 0.05) is 5.56 Å². The summed E-state index contributed by atoms with van der Waals surface area (Å²) in [5.74, 6) is -0.00944. The zero-order valence-electron chi connectivity index (χ0n) is 9.73. The topological polar surface area (TPSA) is 60.7 Å². The molecule has 2 aromatic rings. The average molecular weight is 230 g/mol. The van der Waals surface area contributed by atoms with Crippen LogP contribution in [0, 0.1) is 13.8 Å². The van der Waals surface area contributed by atoms with Crippen LogP contribution in [0.1, 0.15) is 11.1 Å². The maximum Gasteiger partial charge on any atom is 0.127 e. The standard InChI is InChI=1S/C14H14O3/c1-8-6-7-9(2)14(17)12(8)13-10(15)4-3-5-11(13)16/h3-7,15-17H,1-2H3. The maximum absolute atomic E-state index is 10.1. The van der Waals surface area contributed by atoms with Gasteiger partial charge in [0.2, 0.25) is 0 Å². The van der Waals surface area contributed by atoms with Crippen LogP contribution >= 0.6 is 0 Å². The predicted octanol–water partition coefficient (Wildman–Crippen LogP) is 3.09. The molecule has 0 amide bonds. The van der Waals surface area contributed by atoms with Gasteiger partial charge in [-0.1, -0.05) is 18.2 Å². The normalized spacial score (nSPS) is 10.5. The summed E-state index contributed by atoms with van der Waals surface area (Å²) >= 11 is 0. The molecule has 0 radical (unpaired) electrons. The Morgan fingerprint density at radius 1 is 0.706 bits per heavy atom. The van der Waals surface area contributed by atoms with Crippen molar-refractivity contribution in [2.24, 2.45) is 0 Å². The molecule has 0 atom stereocenters. The van der Waals surface area contributed by atoms with Gasteiger partial charge in [0.15, 0.2) is 0 Å². The summed E-state index contributed by atoms with van der Waals surface area (Å²) < 4.78 is 0. The Morgan fingerprint density at radius 2 is 1.24 bits per heavy atom. The van der Waals surface area contributed by atoms with E-state index in [4.69, 9.17) is 0 Å². The van der Waals surface area contributed by atoms with Crippen LogP contribution in [-0.2, 0) is 0 Å². The highest BCUT2D eigenvalue weighted by Gasteiger charge is 2.17. The lowest BCUT2D eigenvalue weighted by atomic mass is 9.95. The van der Waals surface area contributed by atoms with Gasteiger partial charge in [-0.05, 0) is 37.1 Å². The molecule has 17 heavy (non-hydrogen) atoms. The van der Waals surface area contributed by atoms with E-state index in [1.807, 2.05) is 13.0 Å². The van der Waals surface area contributed by atoms with E-state index in [0.29, 0.717) is 11.1 Å². The Labute approximate surface area is 99.6 Å². The molecule has 2 aromatic carbocycles. The van der Waals surface area contributed by atoms with Gasteiger partial charge in [-0.2, -0.15) is 0 Å². The van der Waals surface area contributed by atoms with Crippen molar-refractivity contribution < 1.29 is 15.3 Å². The van der Waals surface area contributed by atoms with Crippen molar-refractivity contribution in [2.75, 3.05) is 0 Å². The van der Waals surface area contributed by atoms with Gasteiger partial charge >= 0.3 is 0 Å². The molecule has 0 unspecified atom stereocenters. The number of aryl methyl sites for hydroxylation is 2. The van der Waals surface area contributed by atoms with E-state index in [2.05, 4.69) is 0 Å². The third-order valence-corrected chi connectivity index (χ3v) is 2.86. The van der Waals surface area contributed by atoms with Crippen LogP contribution in [-0.4, -0.2) is 15.3 Å². The quantitative estimate of drug-likeness (QED) is 0.705. The molecular weight excluding hydrogens is 216 g/mol. The zero-order chi connectivity index (χ0) is 12.6. The van der Waals surface area contributed by atoms with Gasteiger partial charge in [-0.15, -0.1) is 0 Å². The molecule has 3 heteroatoms. The second-order valence-corrected chi connectivity index (χ2v) is 4.09. The van der Waals surface area contributed by atoms with Crippen molar-refractivity contribution in [1.29, 1.82) is 0 Å². The summed E-state index contributed by atoms with van der Waals surface area (Å²) in [7, 11) is 0. The van der Waals surface area contributed by atoms with Crippen molar-refractivity contribution in [3.8, 4) is 28.4 Å². The Kier molecular flexibility index (Phi) is 2.68. The molecule has 0 spiro atoms. The summed E-state index contributed by atoms with van der Waals surface area (Å²) in [5, 5.41) is 29.7. The molecule has 0 fully saturated rings. The molecule has 0 bridgehead atoms. The van der Waals surface area contributed by atoms with Crippen LogP contribution in [0.25, 0.3) is 11.1 Å². The lowest BCUT2D eigenvalue weighted by Crippen LogP contribution is -1.88. The molecule has 0 aliphatic heterocycles. The van der Waals surface area contributed by atoms with Crippen molar-refractivity contribution in [1.82, 2.24) is 0 Å². The van der Waals surface area contributed by atoms with Crippen LogP contribution < -0.4 is 0 Å². The molecule has 0 aliphatic carbocycles. The lowest BCUT2D eigenvalue weighted by molar-refractivity contribution is 0.449. The Morgan fingerprint density at radius 3 is 1.82 bits per heavy atom. The van der Waals surface area contributed by atoms with Crippen LogP contribution in [0.15, 0.2) is 30.3 Å². The molecule has 88 valence electrons. The van der Waals surface area contributed by atoms with E-state index in [0.717, 1.165) is 5.56 Å². The largest absolute Gasteiger partial charge is 0.507 e. The van der Waals surface area contributed by atoms with E-state index in [1.165, 1.54) is 12.1 Å². The highest BCUT2D eigenvalue weighted by Crippen LogP contribution is 2.44. The second kappa shape index (κ2) is 4.01. The molecule has 0 aromatic heterocycles. The Hall–Kier alpha value is -2.16. The van der Waals surface area contributed by atoms with Gasteiger partial charge in [0.25, 0.3) is 0 Å². The number of rotatable bonds is 1. The van der Waals surface area contributed by atoms with Gasteiger partial charge in [0.1, 0.15) is 17.2 Å². The monoisotopic (exact) mass is 230 g/mol. The first kappa shape index (κ1) is 11.3. The van der Waals surface area contributed by atoms with Crippen LogP contribution in [0.2, 0.25) is 0 Å². The molecule has 3 nitrogen and oxygen atoms in total. The second-order valence-electron chi connectivity index (χ2n) is 4.09. The van der Waals surface area contributed by atoms with Gasteiger partial charge in [-0.25, -0.2) is 0 Å². The number of hydrogen-bond donors (Lipinski definition) is 3. The lowest BCUT2D eigenvalue weighted by Gasteiger charge is -2.13. The van der Waals surface area contributed by atoms with Crippen molar-refractivity contribution in [2.45, 2.75) is 13.8 Å². The van der Waals surface area contributed by atoms with E-state index in [9.17, 15) is 15.3 Å². The fraction of sp³-hybridized carbons (Fsp3) is 0.143. The summed E-state index contributed by atoms with van der Waals surface area (Å²) in [6.07, 6.45) is 0. The zero-order valence-corrected chi connectivity index (χ0v) is 9.73. The molecule has 0 heterocycles. The summed E-state index contributed by atoms with van der Waals surface area (Å²) in [5.41, 5.74) is 2.24. The summed E-state index contributed by atoms with van der Waals surface area (Å²) in [4.78, 5) is 0. The highest BCUT2D eigenvalue weighted by molar-refractivity contribution is 5.83. The van der Waals surface area contributed by atoms with Crippen molar-refractivity contribution in [3.05, 3.63) is 41.5 Å². The number of hydrogen-bond acceptors (Lipinski definition) is 3. The van der Waals surface area contributed by atoms with Crippen LogP contribution in [0.3, 0.4) is 0 Å². The van der Waals surface area contributed by atoms with E-state index in [-0.39, 0.29) is 22.8 Å². The molecule has 0 aliphatic rings. The third kappa shape index (κ3) is 1.80. The number of aromatic hydroxyl groups is 3. The first-order valence-corrected chi connectivity index (χ1v) is 5.33. The van der Waals surface area contributed by atoms with Gasteiger partial charge in [-0.3, -0.25) is 0 Å². The van der Waals surface area contributed by atoms with Crippen molar-refractivity contribution in [3.63, 3.8) is 0 Å². The minimum absolute atomic E-state index is 0.0472. The van der Waals surface area contributed by atoms with E-state index in [1.54, 1.807) is 19.1 Å². The number of phenols is 3. The summed E-state index contributed by atoms with van der Waals surface area (Å²) in [6, 6.07) is 8.16. The van der Waals surface area contributed by atoms with E-state index < -0.39 is 0 Å². The minimum atomic E-state index is -0.0472.